The molecule has 0 saturated heterocycles. The Labute approximate surface area is 188 Å². The summed E-state index contributed by atoms with van der Waals surface area (Å²) >= 11 is 0. The third-order valence-corrected chi connectivity index (χ3v) is 4.54. The van der Waals surface area contributed by atoms with Gasteiger partial charge in [-0.1, -0.05) is 0 Å². The van der Waals surface area contributed by atoms with Crippen LogP contribution in [0.1, 0.15) is 25.5 Å². The standard InChI is InChI=1S/C18H29N7O8/c1-8(27)14(20)17(31)25-12(6-26)16(30)24-11(4-9-5-21-7-22-9)15(29)23-10(18(32)33)2-3-13(19)28/h5,7-8,10-12,14,26-27H,2-4,6,20H2,1H3,(H2,19,28)(H,21,22)(H,23,29)(H,24,30)(H,25,31)(H,32,33). The fourth-order valence-corrected chi connectivity index (χ4v) is 2.60. The van der Waals surface area contributed by atoms with Gasteiger partial charge in [0.15, 0.2) is 0 Å². The molecule has 1 aromatic heterocycles. The van der Waals surface area contributed by atoms with Crippen molar-refractivity contribution in [1.29, 1.82) is 0 Å². The molecule has 1 heterocycles. The molecule has 184 valence electrons. The van der Waals surface area contributed by atoms with Crippen molar-refractivity contribution in [2.75, 3.05) is 6.61 Å². The van der Waals surface area contributed by atoms with Crippen LogP contribution in [0, 0.1) is 0 Å². The van der Waals surface area contributed by atoms with Gasteiger partial charge in [-0.2, -0.15) is 0 Å². The van der Waals surface area contributed by atoms with Crippen LogP contribution in [0.5, 0.6) is 0 Å². The molecule has 4 amide bonds. The molecule has 0 aliphatic rings. The Bertz CT molecular complexity index is 830. The quantitative estimate of drug-likeness (QED) is 0.125. The van der Waals surface area contributed by atoms with E-state index in [0.717, 1.165) is 0 Å². The number of hydrogen-bond donors (Lipinski definition) is 9. The number of aliphatic carboxylic acids is 1. The second-order valence-corrected chi connectivity index (χ2v) is 7.26. The van der Waals surface area contributed by atoms with E-state index in [1.807, 2.05) is 0 Å². The summed E-state index contributed by atoms with van der Waals surface area (Å²) in [6.45, 7) is 0.416. The van der Waals surface area contributed by atoms with Gasteiger partial charge in [0, 0.05) is 24.7 Å². The lowest BCUT2D eigenvalue weighted by atomic mass is 10.1. The maximum atomic E-state index is 12.8. The molecule has 5 atom stereocenters. The highest BCUT2D eigenvalue weighted by Crippen LogP contribution is 2.04. The molecule has 1 rings (SSSR count). The number of aromatic amines is 1. The minimum absolute atomic E-state index is 0.140. The number of nitrogens with zero attached hydrogens (tertiary/aromatic N) is 1. The Morgan fingerprint density at radius 2 is 1.64 bits per heavy atom. The molecule has 0 saturated carbocycles. The SMILES string of the molecule is CC(O)C(N)C(=O)NC(CO)C(=O)NC(Cc1cnc[nH]1)C(=O)NC(CCC(N)=O)C(=O)O. The van der Waals surface area contributed by atoms with Crippen molar-refractivity contribution in [2.45, 2.75) is 56.5 Å². The lowest BCUT2D eigenvalue weighted by Crippen LogP contribution is -2.59. The number of rotatable bonds is 14. The number of amides is 4. The zero-order chi connectivity index (χ0) is 25.1. The number of carboxylic acid groups (broad SMARTS) is 1. The van der Waals surface area contributed by atoms with Gasteiger partial charge in [-0.05, 0) is 13.3 Å². The molecule has 0 radical (unpaired) electrons. The molecule has 0 fully saturated rings. The minimum Gasteiger partial charge on any atom is -0.480 e. The molecule has 0 aromatic carbocycles. The van der Waals surface area contributed by atoms with E-state index >= 15 is 0 Å². The third-order valence-electron chi connectivity index (χ3n) is 4.54. The Hall–Kier alpha value is -3.56. The number of nitrogens with two attached hydrogens (primary N) is 2. The highest BCUT2D eigenvalue weighted by atomic mass is 16.4. The number of aliphatic hydroxyl groups excluding tert-OH is 2. The van der Waals surface area contributed by atoms with Gasteiger partial charge in [-0.3, -0.25) is 19.2 Å². The summed E-state index contributed by atoms with van der Waals surface area (Å²) in [6, 6.07) is -5.67. The Kier molecular flexibility index (Phi) is 10.9. The second-order valence-electron chi connectivity index (χ2n) is 7.26. The molecule has 15 nitrogen and oxygen atoms in total. The van der Waals surface area contributed by atoms with E-state index in [9.17, 15) is 39.3 Å². The van der Waals surface area contributed by atoms with Crippen LogP contribution in [-0.4, -0.2) is 91.8 Å². The highest BCUT2D eigenvalue weighted by molar-refractivity contribution is 5.94. The number of carboxylic acids is 1. The number of aliphatic hydroxyl groups is 2. The largest absolute Gasteiger partial charge is 0.480 e. The first-order valence-electron chi connectivity index (χ1n) is 9.90. The molecule has 11 N–H and O–H groups in total. The van der Waals surface area contributed by atoms with Crippen LogP contribution in [0.3, 0.4) is 0 Å². The van der Waals surface area contributed by atoms with Crippen molar-refractivity contribution < 1.29 is 39.3 Å². The molecule has 15 heteroatoms. The van der Waals surface area contributed by atoms with Crippen LogP contribution >= 0.6 is 0 Å². The summed E-state index contributed by atoms with van der Waals surface area (Å²) in [5.74, 6) is -4.95. The van der Waals surface area contributed by atoms with E-state index in [0.29, 0.717) is 5.69 Å². The fraction of sp³-hybridized carbons (Fsp3) is 0.556. The second kappa shape index (κ2) is 13.1. The average molecular weight is 471 g/mol. The van der Waals surface area contributed by atoms with Gasteiger partial charge in [-0.25, -0.2) is 9.78 Å². The lowest BCUT2D eigenvalue weighted by molar-refractivity contribution is -0.142. The summed E-state index contributed by atoms with van der Waals surface area (Å²) in [6.07, 6.45) is 0.776. The number of nitrogens with one attached hydrogen (secondary N) is 4. The third kappa shape index (κ3) is 9.22. The summed E-state index contributed by atoms with van der Waals surface area (Å²) in [7, 11) is 0. The molecule has 1 aromatic rings. The molecule has 0 aliphatic carbocycles. The first-order valence-corrected chi connectivity index (χ1v) is 9.90. The minimum atomic E-state index is -1.51. The first-order chi connectivity index (χ1) is 15.5. The highest BCUT2D eigenvalue weighted by Gasteiger charge is 2.31. The van der Waals surface area contributed by atoms with E-state index in [1.165, 1.54) is 19.4 Å². The van der Waals surface area contributed by atoms with Gasteiger partial charge in [0.1, 0.15) is 24.2 Å². The number of primary amides is 1. The van der Waals surface area contributed by atoms with Crippen LogP contribution in [0.2, 0.25) is 0 Å². The summed E-state index contributed by atoms with van der Waals surface area (Å²) < 4.78 is 0. The molecule has 0 spiro atoms. The molecule has 0 aliphatic heterocycles. The first kappa shape index (κ1) is 27.5. The van der Waals surface area contributed by atoms with Crippen LogP contribution in [0.4, 0.5) is 0 Å². The van der Waals surface area contributed by atoms with E-state index < -0.39 is 66.5 Å². The maximum Gasteiger partial charge on any atom is 0.326 e. The Morgan fingerprint density at radius 1 is 1.06 bits per heavy atom. The zero-order valence-electron chi connectivity index (χ0n) is 17.9. The van der Waals surface area contributed by atoms with E-state index in [2.05, 4.69) is 25.9 Å². The van der Waals surface area contributed by atoms with Gasteiger partial charge in [-0.15, -0.1) is 0 Å². The number of aromatic nitrogens is 2. The molecule has 33 heavy (non-hydrogen) atoms. The predicted molar refractivity (Wildman–Crippen MR) is 111 cm³/mol. The van der Waals surface area contributed by atoms with E-state index in [-0.39, 0.29) is 19.3 Å². The molecular weight excluding hydrogens is 442 g/mol. The molecule has 0 bridgehead atoms. The van der Waals surface area contributed by atoms with Gasteiger partial charge in [0.25, 0.3) is 0 Å². The topological polar surface area (TPSA) is 263 Å². The van der Waals surface area contributed by atoms with Crippen molar-refractivity contribution in [2.24, 2.45) is 11.5 Å². The number of imidazole rings is 1. The van der Waals surface area contributed by atoms with Crippen molar-refractivity contribution in [3.8, 4) is 0 Å². The number of H-pyrrole nitrogens is 1. The van der Waals surface area contributed by atoms with Crippen molar-refractivity contribution in [3.05, 3.63) is 18.2 Å². The van der Waals surface area contributed by atoms with Crippen LogP contribution in [0.25, 0.3) is 0 Å². The predicted octanol–water partition coefficient (Wildman–Crippen LogP) is -4.54. The Balaban J connectivity index is 2.97. The van der Waals surface area contributed by atoms with Crippen molar-refractivity contribution in [3.63, 3.8) is 0 Å². The maximum absolute atomic E-state index is 12.8. The van der Waals surface area contributed by atoms with Gasteiger partial charge in [0.05, 0.1) is 19.0 Å². The smallest absolute Gasteiger partial charge is 0.326 e. The van der Waals surface area contributed by atoms with E-state index in [1.54, 1.807) is 0 Å². The number of hydrogen-bond acceptors (Lipinski definition) is 9. The van der Waals surface area contributed by atoms with Gasteiger partial charge >= 0.3 is 5.97 Å². The van der Waals surface area contributed by atoms with Crippen molar-refractivity contribution in [1.82, 2.24) is 25.9 Å². The van der Waals surface area contributed by atoms with E-state index in [4.69, 9.17) is 11.5 Å². The molecular formula is C18H29N7O8. The average Bonchev–Trinajstić information content (AvgIpc) is 3.25. The number of carbonyl (C=O) groups is 5. The summed E-state index contributed by atoms with van der Waals surface area (Å²) in [4.78, 5) is 66.3. The zero-order valence-corrected chi connectivity index (χ0v) is 17.9. The lowest BCUT2D eigenvalue weighted by Gasteiger charge is -2.24. The van der Waals surface area contributed by atoms with Gasteiger partial charge in [0.2, 0.25) is 23.6 Å². The summed E-state index contributed by atoms with van der Waals surface area (Å²) in [5.41, 5.74) is 10.9. The van der Waals surface area contributed by atoms with Gasteiger partial charge < -0.3 is 47.7 Å². The Morgan fingerprint density at radius 3 is 2.12 bits per heavy atom. The summed E-state index contributed by atoms with van der Waals surface area (Å²) in [5, 5.41) is 34.9. The number of carbonyl (C=O) groups excluding carboxylic acids is 4. The normalized spacial score (nSPS) is 15.4. The fourth-order valence-electron chi connectivity index (χ4n) is 2.60. The monoisotopic (exact) mass is 471 g/mol. The van der Waals surface area contributed by atoms with Crippen LogP contribution in [-0.2, 0) is 30.4 Å². The van der Waals surface area contributed by atoms with Crippen LogP contribution in [0.15, 0.2) is 12.5 Å². The molecule has 5 unspecified atom stereocenters. The van der Waals surface area contributed by atoms with Crippen molar-refractivity contribution >= 4 is 29.6 Å². The van der Waals surface area contributed by atoms with Crippen LogP contribution < -0.4 is 27.4 Å².